The van der Waals surface area contributed by atoms with Gasteiger partial charge in [0.2, 0.25) is 10.0 Å². The molecule has 1 N–H and O–H groups in total. The zero-order valence-corrected chi connectivity index (χ0v) is 16.4. The maximum Gasteiger partial charge on any atom is 0.260 e. The molecule has 2 aromatic rings. The van der Waals surface area contributed by atoms with Gasteiger partial charge in [-0.05, 0) is 24.6 Å². The molecule has 0 saturated carbocycles. The molecule has 0 aliphatic carbocycles. The van der Waals surface area contributed by atoms with Crippen LogP contribution in [0.4, 0.5) is 5.69 Å². The molecule has 0 aromatic heterocycles. The number of nitrogens with one attached hydrogen (secondary N) is 1. The van der Waals surface area contributed by atoms with Crippen LogP contribution in [0.3, 0.4) is 0 Å². The van der Waals surface area contributed by atoms with Crippen LogP contribution in [0.15, 0.2) is 53.6 Å². The first kappa shape index (κ1) is 20.2. The second-order valence-electron chi connectivity index (χ2n) is 5.44. The molecule has 1 amide bonds. The first-order chi connectivity index (χ1) is 12.2. The van der Waals surface area contributed by atoms with Gasteiger partial charge in [-0.25, -0.2) is 13.8 Å². The number of rotatable bonds is 6. The summed E-state index contributed by atoms with van der Waals surface area (Å²) in [5.74, 6) is -0.609. The molecule has 0 unspecified atom stereocenters. The third kappa shape index (κ3) is 5.20. The largest absolute Gasteiger partial charge is 0.271 e. The number of hydrogen-bond acceptors (Lipinski definition) is 4. The summed E-state index contributed by atoms with van der Waals surface area (Å²) in [5, 5.41) is 4.24. The molecule has 0 aliphatic rings. The van der Waals surface area contributed by atoms with E-state index in [0.29, 0.717) is 5.71 Å². The molecule has 9 heteroatoms. The highest BCUT2D eigenvalue weighted by Crippen LogP contribution is 2.33. The van der Waals surface area contributed by atoms with Gasteiger partial charge in [0, 0.05) is 0 Å². The van der Waals surface area contributed by atoms with E-state index >= 15 is 0 Å². The van der Waals surface area contributed by atoms with E-state index in [9.17, 15) is 13.2 Å². The average Bonchev–Trinajstić information content (AvgIpc) is 2.60. The van der Waals surface area contributed by atoms with Crippen molar-refractivity contribution in [1.82, 2.24) is 5.43 Å². The highest BCUT2D eigenvalue weighted by molar-refractivity contribution is 7.92. The predicted octanol–water partition coefficient (Wildman–Crippen LogP) is 3.30. The molecule has 0 saturated heterocycles. The number of nitrogens with zero attached hydrogens (tertiary/aromatic N) is 2. The average molecular weight is 414 g/mol. The molecule has 6 nitrogen and oxygen atoms in total. The fraction of sp³-hybridized carbons (Fsp3) is 0.176. The lowest BCUT2D eigenvalue weighted by Gasteiger charge is -2.22. The van der Waals surface area contributed by atoms with Crippen molar-refractivity contribution in [3.63, 3.8) is 0 Å². The predicted molar refractivity (Wildman–Crippen MR) is 105 cm³/mol. The van der Waals surface area contributed by atoms with E-state index in [4.69, 9.17) is 23.2 Å². The van der Waals surface area contributed by atoms with Gasteiger partial charge in [-0.15, -0.1) is 0 Å². The third-order valence-corrected chi connectivity index (χ3v) is 5.36. The molecule has 0 bridgehead atoms. The molecule has 0 heterocycles. The van der Waals surface area contributed by atoms with Crippen molar-refractivity contribution in [1.29, 1.82) is 0 Å². The summed E-state index contributed by atoms with van der Waals surface area (Å²) in [5.41, 5.74) is 3.91. The Morgan fingerprint density at radius 1 is 1.12 bits per heavy atom. The normalized spacial score (nSPS) is 11.9. The number of carbonyl (C=O) groups excluding carboxylic acids is 1. The molecule has 26 heavy (non-hydrogen) atoms. The van der Waals surface area contributed by atoms with E-state index in [-0.39, 0.29) is 15.7 Å². The van der Waals surface area contributed by atoms with E-state index in [1.54, 1.807) is 13.0 Å². The maximum atomic E-state index is 12.2. The maximum absolute atomic E-state index is 12.2. The number of hydrogen-bond donors (Lipinski definition) is 1. The second-order valence-corrected chi connectivity index (χ2v) is 8.13. The molecule has 2 rings (SSSR count). The number of halogens is 2. The van der Waals surface area contributed by atoms with Gasteiger partial charge < -0.3 is 0 Å². The lowest BCUT2D eigenvalue weighted by molar-refractivity contribution is -0.119. The minimum Gasteiger partial charge on any atom is -0.271 e. The molecule has 138 valence electrons. The molecule has 0 aliphatic heterocycles. The first-order valence-electron chi connectivity index (χ1n) is 7.50. The van der Waals surface area contributed by atoms with Crippen molar-refractivity contribution in [3.8, 4) is 0 Å². The summed E-state index contributed by atoms with van der Waals surface area (Å²) in [6, 6.07) is 13.8. The van der Waals surface area contributed by atoms with Gasteiger partial charge in [-0.1, -0.05) is 59.6 Å². The van der Waals surface area contributed by atoms with Gasteiger partial charge in [-0.2, -0.15) is 5.10 Å². The van der Waals surface area contributed by atoms with E-state index in [1.807, 2.05) is 30.3 Å². The summed E-state index contributed by atoms with van der Waals surface area (Å²) in [6.07, 6.45) is 0.982. The number of hydrazone groups is 1. The van der Waals surface area contributed by atoms with E-state index in [2.05, 4.69) is 10.5 Å². The lowest BCUT2D eigenvalue weighted by atomic mass is 10.1. The monoisotopic (exact) mass is 413 g/mol. The van der Waals surface area contributed by atoms with Gasteiger partial charge in [-0.3, -0.25) is 9.10 Å². The number of carbonyl (C=O) groups is 1. The van der Waals surface area contributed by atoms with Crippen LogP contribution in [0.5, 0.6) is 0 Å². The molecule has 2 aromatic carbocycles. The molecular weight excluding hydrogens is 397 g/mol. The molecule has 0 atom stereocenters. The standard InChI is InChI=1S/C17H17Cl2N3O3S/c1-12(13-7-4-3-5-8-13)20-21-16(23)11-22(26(2,24)25)15-10-6-9-14(18)17(15)19/h3-10H,11H2,1-2H3,(H,21,23)/b20-12-. The van der Waals surface area contributed by atoms with Crippen LogP contribution in [0, 0.1) is 0 Å². The Hall–Kier alpha value is -2.09. The Balaban J connectivity index is 2.19. The third-order valence-electron chi connectivity index (χ3n) is 3.43. The number of benzene rings is 2. The van der Waals surface area contributed by atoms with Crippen LogP contribution in [-0.2, 0) is 14.8 Å². The Morgan fingerprint density at radius 2 is 1.77 bits per heavy atom. The summed E-state index contributed by atoms with van der Waals surface area (Å²) < 4.78 is 25.1. The van der Waals surface area contributed by atoms with Gasteiger partial charge >= 0.3 is 0 Å². The SMILES string of the molecule is C/C(=N/NC(=O)CN(c1cccc(Cl)c1Cl)S(C)(=O)=O)c1ccccc1. The minimum atomic E-state index is -3.76. The Kier molecular flexibility index (Phi) is 6.63. The smallest absolute Gasteiger partial charge is 0.260 e. The lowest BCUT2D eigenvalue weighted by Crippen LogP contribution is -2.39. The molecule has 0 fully saturated rings. The Morgan fingerprint density at radius 3 is 2.38 bits per heavy atom. The van der Waals surface area contributed by atoms with Crippen LogP contribution < -0.4 is 9.73 Å². The zero-order valence-electron chi connectivity index (χ0n) is 14.1. The number of anilines is 1. The van der Waals surface area contributed by atoms with Crippen molar-refractivity contribution in [2.24, 2.45) is 5.10 Å². The van der Waals surface area contributed by atoms with Crippen LogP contribution in [-0.4, -0.2) is 32.8 Å². The summed E-state index contributed by atoms with van der Waals surface area (Å²) in [6.45, 7) is 1.25. The topological polar surface area (TPSA) is 78.8 Å². The van der Waals surface area contributed by atoms with Crippen LogP contribution >= 0.6 is 23.2 Å². The summed E-state index contributed by atoms with van der Waals surface area (Å²) >= 11 is 12.0. The fourth-order valence-corrected chi connectivity index (χ4v) is 3.43. The summed E-state index contributed by atoms with van der Waals surface area (Å²) in [4.78, 5) is 12.2. The Labute approximate surface area is 162 Å². The summed E-state index contributed by atoms with van der Waals surface area (Å²) in [7, 11) is -3.76. The van der Waals surface area contributed by atoms with Gasteiger partial charge in [0.15, 0.2) is 0 Å². The molecule has 0 radical (unpaired) electrons. The van der Waals surface area contributed by atoms with E-state index < -0.39 is 22.5 Å². The van der Waals surface area contributed by atoms with Gasteiger partial charge in [0.05, 0.1) is 27.7 Å². The highest BCUT2D eigenvalue weighted by Gasteiger charge is 2.23. The zero-order chi connectivity index (χ0) is 19.3. The van der Waals surface area contributed by atoms with Crippen molar-refractivity contribution in [2.45, 2.75) is 6.92 Å². The van der Waals surface area contributed by atoms with Crippen LogP contribution in [0.1, 0.15) is 12.5 Å². The van der Waals surface area contributed by atoms with E-state index in [0.717, 1.165) is 16.1 Å². The second kappa shape index (κ2) is 8.53. The molecular formula is C17H17Cl2N3O3S. The number of sulfonamides is 1. The molecule has 0 spiro atoms. The first-order valence-corrected chi connectivity index (χ1v) is 10.1. The van der Waals surface area contributed by atoms with Crippen LogP contribution in [0.2, 0.25) is 10.0 Å². The van der Waals surface area contributed by atoms with E-state index in [1.165, 1.54) is 12.1 Å². The number of amides is 1. The van der Waals surface area contributed by atoms with Crippen LogP contribution in [0.25, 0.3) is 0 Å². The fourth-order valence-electron chi connectivity index (χ4n) is 2.12. The Bertz CT molecular complexity index is 932. The minimum absolute atomic E-state index is 0.0522. The quantitative estimate of drug-likeness (QED) is 0.582. The highest BCUT2D eigenvalue weighted by atomic mass is 35.5. The van der Waals surface area contributed by atoms with Crippen molar-refractivity contribution in [3.05, 3.63) is 64.1 Å². The van der Waals surface area contributed by atoms with Crippen molar-refractivity contribution in [2.75, 3.05) is 17.1 Å². The van der Waals surface area contributed by atoms with Crippen molar-refractivity contribution < 1.29 is 13.2 Å². The van der Waals surface area contributed by atoms with Gasteiger partial charge in [0.25, 0.3) is 5.91 Å². The van der Waals surface area contributed by atoms with Crippen molar-refractivity contribution >= 4 is 50.5 Å². The van der Waals surface area contributed by atoms with Gasteiger partial charge in [0.1, 0.15) is 6.54 Å².